The zero-order valence-corrected chi connectivity index (χ0v) is 11.7. The molecule has 0 saturated carbocycles. The topological polar surface area (TPSA) is 38.3 Å². The number of hydrogen-bond acceptors (Lipinski definition) is 3. The van der Waals surface area contributed by atoms with Gasteiger partial charge in [0, 0.05) is 13.0 Å². The van der Waals surface area contributed by atoms with Crippen molar-refractivity contribution in [2.75, 3.05) is 19.7 Å². The van der Waals surface area contributed by atoms with Crippen LogP contribution in [0.25, 0.3) is 0 Å². The SMILES string of the molecule is CCc1ccc(CCOC(=O)C2CCCNC2)cc1. The van der Waals surface area contributed by atoms with Crippen LogP contribution in [-0.4, -0.2) is 25.7 Å². The van der Waals surface area contributed by atoms with Crippen molar-refractivity contribution in [3.8, 4) is 0 Å². The first-order valence-corrected chi connectivity index (χ1v) is 7.24. The van der Waals surface area contributed by atoms with Crippen LogP contribution in [0.15, 0.2) is 24.3 Å². The molecular weight excluding hydrogens is 238 g/mol. The summed E-state index contributed by atoms with van der Waals surface area (Å²) >= 11 is 0. The number of carbonyl (C=O) groups is 1. The van der Waals surface area contributed by atoms with Gasteiger partial charge >= 0.3 is 5.97 Å². The fourth-order valence-electron chi connectivity index (χ4n) is 2.38. The molecule has 1 aromatic carbocycles. The zero-order chi connectivity index (χ0) is 13.5. The van der Waals surface area contributed by atoms with Crippen molar-refractivity contribution in [1.29, 1.82) is 0 Å². The number of rotatable bonds is 5. The van der Waals surface area contributed by atoms with E-state index in [0.29, 0.717) is 6.61 Å². The molecule has 1 unspecified atom stereocenters. The maximum absolute atomic E-state index is 11.8. The van der Waals surface area contributed by atoms with Gasteiger partial charge in [-0.3, -0.25) is 4.79 Å². The average Bonchev–Trinajstić information content (AvgIpc) is 2.49. The molecule has 104 valence electrons. The number of hydrogen-bond donors (Lipinski definition) is 1. The zero-order valence-electron chi connectivity index (χ0n) is 11.7. The largest absolute Gasteiger partial charge is 0.465 e. The summed E-state index contributed by atoms with van der Waals surface area (Å²) in [6.45, 7) is 4.42. The van der Waals surface area contributed by atoms with Gasteiger partial charge < -0.3 is 10.1 Å². The van der Waals surface area contributed by atoms with E-state index in [0.717, 1.165) is 38.8 Å². The van der Waals surface area contributed by atoms with Crippen LogP contribution in [0.1, 0.15) is 30.9 Å². The number of benzene rings is 1. The monoisotopic (exact) mass is 261 g/mol. The summed E-state index contributed by atoms with van der Waals surface area (Å²) in [5, 5.41) is 3.24. The van der Waals surface area contributed by atoms with E-state index in [1.54, 1.807) is 0 Å². The minimum atomic E-state index is -0.0441. The molecule has 1 aliphatic rings. The summed E-state index contributed by atoms with van der Waals surface area (Å²) in [5.74, 6) is 0.00796. The molecule has 1 aliphatic heterocycles. The lowest BCUT2D eigenvalue weighted by atomic mass is 10.0. The first-order chi connectivity index (χ1) is 9.29. The van der Waals surface area contributed by atoms with Gasteiger partial charge in [-0.2, -0.15) is 0 Å². The second-order valence-electron chi connectivity index (χ2n) is 5.13. The number of aryl methyl sites for hydroxylation is 1. The Morgan fingerprint density at radius 3 is 2.68 bits per heavy atom. The number of ether oxygens (including phenoxy) is 1. The van der Waals surface area contributed by atoms with Crippen LogP contribution in [0, 0.1) is 5.92 Å². The van der Waals surface area contributed by atoms with Crippen molar-refractivity contribution in [2.45, 2.75) is 32.6 Å². The van der Waals surface area contributed by atoms with Crippen LogP contribution in [0.5, 0.6) is 0 Å². The van der Waals surface area contributed by atoms with Crippen LogP contribution >= 0.6 is 0 Å². The van der Waals surface area contributed by atoms with Gasteiger partial charge in [0.1, 0.15) is 0 Å². The Morgan fingerprint density at radius 1 is 1.32 bits per heavy atom. The van der Waals surface area contributed by atoms with E-state index in [1.807, 2.05) is 0 Å². The summed E-state index contributed by atoms with van der Waals surface area (Å²) in [7, 11) is 0. The van der Waals surface area contributed by atoms with E-state index in [1.165, 1.54) is 11.1 Å². The predicted molar refractivity (Wildman–Crippen MR) is 76.1 cm³/mol. The molecule has 0 aromatic heterocycles. The summed E-state index contributed by atoms with van der Waals surface area (Å²) < 4.78 is 5.36. The molecule has 1 N–H and O–H groups in total. The van der Waals surface area contributed by atoms with E-state index in [4.69, 9.17) is 4.74 Å². The summed E-state index contributed by atoms with van der Waals surface area (Å²) in [6.07, 6.45) is 3.88. The van der Waals surface area contributed by atoms with Crippen molar-refractivity contribution >= 4 is 5.97 Å². The molecule has 1 atom stereocenters. The Balaban J connectivity index is 1.71. The lowest BCUT2D eigenvalue weighted by Crippen LogP contribution is -2.35. The first-order valence-electron chi connectivity index (χ1n) is 7.24. The molecule has 0 spiro atoms. The number of nitrogens with one attached hydrogen (secondary N) is 1. The standard InChI is InChI=1S/C16H23NO2/c1-2-13-5-7-14(8-6-13)9-11-19-16(18)15-4-3-10-17-12-15/h5-8,15,17H,2-4,9-12H2,1H3. The van der Waals surface area contributed by atoms with E-state index < -0.39 is 0 Å². The van der Waals surface area contributed by atoms with E-state index in [-0.39, 0.29) is 11.9 Å². The van der Waals surface area contributed by atoms with Crippen LogP contribution < -0.4 is 5.32 Å². The fourth-order valence-corrected chi connectivity index (χ4v) is 2.38. The molecule has 1 fully saturated rings. The third-order valence-electron chi connectivity index (χ3n) is 3.70. The molecule has 1 aromatic rings. The molecule has 0 radical (unpaired) electrons. The van der Waals surface area contributed by atoms with Crippen LogP contribution in [0.2, 0.25) is 0 Å². The Bertz CT molecular complexity index is 394. The van der Waals surface area contributed by atoms with Gasteiger partial charge in [0.05, 0.1) is 12.5 Å². The minimum Gasteiger partial charge on any atom is -0.465 e. The van der Waals surface area contributed by atoms with Gasteiger partial charge in [0.25, 0.3) is 0 Å². The van der Waals surface area contributed by atoms with Crippen LogP contribution in [-0.2, 0) is 22.4 Å². The molecule has 0 aliphatic carbocycles. The predicted octanol–water partition coefficient (Wildman–Crippen LogP) is 2.33. The van der Waals surface area contributed by atoms with Gasteiger partial charge in [0.2, 0.25) is 0 Å². The highest BCUT2D eigenvalue weighted by atomic mass is 16.5. The fraction of sp³-hybridized carbons (Fsp3) is 0.562. The normalized spacial score (nSPS) is 19.1. The highest BCUT2D eigenvalue weighted by molar-refractivity contribution is 5.72. The second-order valence-corrected chi connectivity index (χ2v) is 5.13. The molecule has 3 nitrogen and oxygen atoms in total. The van der Waals surface area contributed by atoms with Crippen molar-refractivity contribution in [2.24, 2.45) is 5.92 Å². The highest BCUT2D eigenvalue weighted by Gasteiger charge is 2.21. The molecule has 3 heteroatoms. The lowest BCUT2D eigenvalue weighted by molar-refractivity contribution is -0.149. The van der Waals surface area contributed by atoms with Gasteiger partial charge in [-0.25, -0.2) is 0 Å². The van der Waals surface area contributed by atoms with Crippen molar-refractivity contribution in [3.05, 3.63) is 35.4 Å². The molecule has 1 saturated heterocycles. The average molecular weight is 261 g/mol. The minimum absolute atomic E-state index is 0.0441. The molecular formula is C16H23NO2. The number of piperidine rings is 1. The van der Waals surface area contributed by atoms with E-state index in [2.05, 4.69) is 36.5 Å². The molecule has 0 amide bonds. The Kier molecular flexibility index (Phi) is 5.40. The van der Waals surface area contributed by atoms with E-state index >= 15 is 0 Å². The van der Waals surface area contributed by atoms with Crippen LogP contribution in [0.3, 0.4) is 0 Å². The van der Waals surface area contributed by atoms with Crippen molar-refractivity contribution in [1.82, 2.24) is 5.32 Å². The molecule has 0 bridgehead atoms. The molecule has 19 heavy (non-hydrogen) atoms. The van der Waals surface area contributed by atoms with Crippen molar-refractivity contribution < 1.29 is 9.53 Å². The van der Waals surface area contributed by atoms with Gasteiger partial charge in [0.15, 0.2) is 0 Å². The van der Waals surface area contributed by atoms with Gasteiger partial charge in [-0.15, -0.1) is 0 Å². The Hall–Kier alpha value is -1.35. The number of carbonyl (C=O) groups excluding carboxylic acids is 1. The summed E-state index contributed by atoms with van der Waals surface area (Å²) in [5.41, 5.74) is 2.57. The maximum Gasteiger partial charge on any atom is 0.310 e. The highest BCUT2D eigenvalue weighted by Crippen LogP contribution is 2.12. The van der Waals surface area contributed by atoms with Crippen LogP contribution in [0.4, 0.5) is 0 Å². The van der Waals surface area contributed by atoms with Crippen molar-refractivity contribution in [3.63, 3.8) is 0 Å². The third-order valence-corrected chi connectivity index (χ3v) is 3.70. The molecule has 1 heterocycles. The summed E-state index contributed by atoms with van der Waals surface area (Å²) in [4.78, 5) is 11.8. The van der Waals surface area contributed by atoms with Gasteiger partial charge in [-0.05, 0) is 36.9 Å². The lowest BCUT2D eigenvalue weighted by Gasteiger charge is -2.21. The summed E-state index contributed by atoms with van der Waals surface area (Å²) in [6, 6.07) is 8.52. The second kappa shape index (κ2) is 7.29. The quantitative estimate of drug-likeness (QED) is 0.827. The Labute approximate surface area is 115 Å². The smallest absolute Gasteiger partial charge is 0.310 e. The molecule has 2 rings (SSSR count). The van der Waals surface area contributed by atoms with Gasteiger partial charge in [-0.1, -0.05) is 31.2 Å². The maximum atomic E-state index is 11.8. The number of esters is 1. The first kappa shape index (κ1) is 14.1. The van der Waals surface area contributed by atoms with E-state index in [9.17, 15) is 4.79 Å². The third kappa shape index (κ3) is 4.35. The Morgan fingerprint density at radius 2 is 2.05 bits per heavy atom.